The minimum absolute atomic E-state index is 0.210. The molecule has 2 rings (SSSR count). The van der Waals surface area contributed by atoms with Gasteiger partial charge in [-0.15, -0.1) is 0 Å². The van der Waals surface area contributed by atoms with Crippen LogP contribution < -0.4 is 5.32 Å². The van der Waals surface area contributed by atoms with Gasteiger partial charge in [-0.05, 0) is 34.1 Å². The summed E-state index contributed by atoms with van der Waals surface area (Å²) in [6.07, 6.45) is 1.35. The fourth-order valence-corrected chi connectivity index (χ4v) is 1.67. The van der Waals surface area contributed by atoms with Gasteiger partial charge in [0.25, 0.3) is 5.91 Å². The van der Waals surface area contributed by atoms with Crippen molar-refractivity contribution >= 4 is 21.8 Å². The van der Waals surface area contributed by atoms with Crippen molar-refractivity contribution in [1.29, 1.82) is 0 Å². The first-order chi connectivity index (χ1) is 8.16. The van der Waals surface area contributed by atoms with Crippen LogP contribution in [0.2, 0.25) is 0 Å². The molecule has 88 valence electrons. The number of carbonyl (C=O) groups is 1. The van der Waals surface area contributed by atoms with Crippen LogP contribution in [0.25, 0.3) is 0 Å². The molecule has 0 saturated carbocycles. The van der Waals surface area contributed by atoms with Gasteiger partial charge in [-0.3, -0.25) is 9.89 Å². The minimum Gasteiger partial charge on any atom is -0.345 e. The van der Waals surface area contributed by atoms with Gasteiger partial charge in [0.05, 0.1) is 12.1 Å². The van der Waals surface area contributed by atoms with E-state index in [9.17, 15) is 9.18 Å². The van der Waals surface area contributed by atoms with Crippen LogP contribution in [0.4, 0.5) is 4.39 Å². The number of hydrogen-bond donors (Lipinski definition) is 2. The van der Waals surface area contributed by atoms with E-state index in [-0.39, 0.29) is 18.0 Å². The van der Waals surface area contributed by atoms with E-state index in [4.69, 9.17) is 0 Å². The number of nitrogens with one attached hydrogen (secondary N) is 2. The molecule has 1 aromatic carbocycles. The second-order valence-corrected chi connectivity index (χ2v) is 4.09. The molecule has 7 heteroatoms. The van der Waals surface area contributed by atoms with E-state index in [1.54, 1.807) is 0 Å². The first kappa shape index (κ1) is 11.7. The third-order valence-electron chi connectivity index (χ3n) is 2.05. The van der Waals surface area contributed by atoms with Crippen molar-refractivity contribution in [3.05, 3.63) is 46.2 Å². The number of H-pyrrole nitrogens is 1. The van der Waals surface area contributed by atoms with Gasteiger partial charge in [0.2, 0.25) is 0 Å². The Hall–Kier alpha value is -1.76. The Morgan fingerprint density at radius 1 is 1.53 bits per heavy atom. The molecule has 0 aliphatic heterocycles. The summed E-state index contributed by atoms with van der Waals surface area (Å²) >= 11 is 3.19. The lowest BCUT2D eigenvalue weighted by molar-refractivity contribution is 0.0948. The molecule has 0 aliphatic rings. The normalized spacial score (nSPS) is 10.2. The molecule has 1 aromatic heterocycles. The average Bonchev–Trinajstić information content (AvgIpc) is 2.82. The zero-order valence-corrected chi connectivity index (χ0v) is 10.2. The number of hydrogen-bond acceptors (Lipinski definition) is 3. The number of benzene rings is 1. The van der Waals surface area contributed by atoms with Gasteiger partial charge in [0.1, 0.15) is 18.0 Å². The molecular formula is C10H8BrFN4O. The Bertz CT molecular complexity index is 529. The highest BCUT2D eigenvalue weighted by molar-refractivity contribution is 9.10. The molecule has 5 nitrogen and oxygen atoms in total. The molecule has 1 amide bonds. The first-order valence-electron chi connectivity index (χ1n) is 4.74. The monoisotopic (exact) mass is 298 g/mol. The summed E-state index contributed by atoms with van der Waals surface area (Å²) in [5.41, 5.74) is 0.240. The van der Waals surface area contributed by atoms with Crippen molar-refractivity contribution < 1.29 is 9.18 Å². The van der Waals surface area contributed by atoms with E-state index in [2.05, 4.69) is 36.4 Å². The van der Waals surface area contributed by atoms with Crippen molar-refractivity contribution in [3.8, 4) is 0 Å². The molecule has 0 atom stereocenters. The Balaban J connectivity index is 2.07. The van der Waals surface area contributed by atoms with Gasteiger partial charge in [-0.25, -0.2) is 9.37 Å². The van der Waals surface area contributed by atoms with Crippen LogP contribution in [0.15, 0.2) is 29.0 Å². The van der Waals surface area contributed by atoms with E-state index >= 15 is 0 Å². The van der Waals surface area contributed by atoms with Gasteiger partial charge in [-0.2, -0.15) is 5.10 Å². The van der Waals surface area contributed by atoms with Crippen LogP contribution in [0, 0.1) is 5.82 Å². The summed E-state index contributed by atoms with van der Waals surface area (Å²) in [5, 5.41) is 8.86. The summed E-state index contributed by atoms with van der Waals surface area (Å²) in [7, 11) is 0. The maximum absolute atomic E-state index is 13.0. The number of nitrogens with zero attached hydrogens (tertiary/aromatic N) is 2. The van der Waals surface area contributed by atoms with Gasteiger partial charge < -0.3 is 5.32 Å². The Labute approximate surface area is 105 Å². The smallest absolute Gasteiger partial charge is 0.252 e. The highest BCUT2D eigenvalue weighted by Crippen LogP contribution is 2.17. The van der Waals surface area contributed by atoms with Gasteiger partial charge >= 0.3 is 0 Å². The molecule has 2 N–H and O–H groups in total. The number of rotatable bonds is 3. The third-order valence-corrected chi connectivity index (χ3v) is 2.75. The second-order valence-electron chi connectivity index (χ2n) is 3.24. The summed E-state index contributed by atoms with van der Waals surface area (Å²) in [4.78, 5) is 15.6. The van der Waals surface area contributed by atoms with Crippen molar-refractivity contribution in [1.82, 2.24) is 20.5 Å². The number of aromatic nitrogens is 3. The number of halogens is 2. The molecule has 17 heavy (non-hydrogen) atoms. The van der Waals surface area contributed by atoms with Crippen LogP contribution in [-0.4, -0.2) is 21.1 Å². The molecule has 0 saturated heterocycles. The molecule has 0 spiro atoms. The fourth-order valence-electron chi connectivity index (χ4n) is 1.25. The van der Waals surface area contributed by atoms with E-state index in [1.807, 2.05) is 0 Å². The largest absolute Gasteiger partial charge is 0.345 e. The number of aromatic amines is 1. The van der Waals surface area contributed by atoms with E-state index in [0.717, 1.165) is 0 Å². The summed E-state index contributed by atoms with van der Waals surface area (Å²) in [6.45, 7) is 0.210. The van der Waals surface area contributed by atoms with Crippen LogP contribution in [0.1, 0.15) is 16.2 Å². The maximum atomic E-state index is 13.0. The summed E-state index contributed by atoms with van der Waals surface area (Å²) < 4.78 is 13.5. The minimum atomic E-state index is -0.460. The van der Waals surface area contributed by atoms with E-state index < -0.39 is 5.82 Å². The highest BCUT2D eigenvalue weighted by Gasteiger charge is 2.11. The molecule has 0 fully saturated rings. The van der Waals surface area contributed by atoms with Gasteiger partial charge in [-0.1, -0.05) is 0 Å². The van der Waals surface area contributed by atoms with Gasteiger partial charge in [0.15, 0.2) is 0 Å². The average molecular weight is 299 g/mol. The Morgan fingerprint density at radius 2 is 2.35 bits per heavy atom. The zero-order chi connectivity index (χ0) is 12.3. The topological polar surface area (TPSA) is 70.7 Å². The molecule has 0 aliphatic carbocycles. The first-order valence-corrected chi connectivity index (χ1v) is 5.53. The maximum Gasteiger partial charge on any atom is 0.252 e. The fraction of sp³-hybridized carbons (Fsp3) is 0.100. The van der Waals surface area contributed by atoms with E-state index in [0.29, 0.717) is 10.3 Å². The van der Waals surface area contributed by atoms with Gasteiger partial charge in [0, 0.05) is 4.47 Å². The van der Waals surface area contributed by atoms with Crippen molar-refractivity contribution in [3.63, 3.8) is 0 Å². The number of carbonyl (C=O) groups excluding carboxylic acids is 1. The second kappa shape index (κ2) is 5.05. The van der Waals surface area contributed by atoms with E-state index in [1.165, 1.54) is 24.5 Å². The SMILES string of the molecule is O=C(NCc1ncn[nH]1)c1cc(F)ccc1Br. The lowest BCUT2D eigenvalue weighted by Gasteiger charge is -2.05. The Kier molecular flexibility index (Phi) is 3.48. The number of amides is 1. The molecule has 2 aromatic rings. The summed E-state index contributed by atoms with van der Waals surface area (Å²) in [6, 6.07) is 3.93. The molecular weight excluding hydrogens is 291 g/mol. The molecule has 0 radical (unpaired) electrons. The van der Waals surface area contributed by atoms with Crippen LogP contribution >= 0.6 is 15.9 Å². The van der Waals surface area contributed by atoms with Crippen LogP contribution in [-0.2, 0) is 6.54 Å². The predicted octanol–water partition coefficient (Wildman–Crippen LogP) is 1.64. The standard InChI is InChI=1S/C10H8BrFN4O/c11-8-2-1-6(12)3-7(8)10(17)13-4-9-14-5-15-16-9/h1-3,5H,4H2,(H,13,17)(H,14,15,16). The predicted molar refractivity (Wildman–Crippen MR) is 61.7 cm³/mol. The Morgan fingerprint density at radius 3 is 3.06 bits per heavy atom. The van der Waals surface area contributed by atoms with Crippen molar-refractivity contribution in [2.24, 2.45) is 0 Å². The quantitative estimate of drug-likeness (QED) is 0.905. The lowest BCUT2D eigenvalue weighted by Crippen LogP contribution is -2.23. The molecule has 0 bridgehead atoms. The van der Waals surface area contributed by atoms with Crippen LogP contribution in [0.5, 0.6) is 0 Å². The molecule has 0 unspecified atom stereocenters. The highest BCUT2D eigenvalue weighted by atomic mass is 79.9. The van der Waals surface area contributed by atoms with Crippen molar-refractivity contribution in [2.45, 2.75) is 6.54 Å². The van der Waals surface area contributed by atoms with Crippen LogP contribution in [0.3, 0.4) is 0 Å². The van der Waals surface area contributed by atoms with Crippen molar-refractivity contribution in [2.75, 3.05) is 0 Å². The lowest BCUT2D eigenvalue weighted by atomic mass is 10.2. The summed E-state index contributed by atoms with van der Waals surface area (Å²) in [5.74, 6) is -0.309. The zero-order valence-electron chi connectivity index (χ0n) is 8.58. The third kappa shape index (κ3) is 2.88. The molecule has 1 heterocycles.